The second-order valence-electron chi connectivity index (χ2n) is 3.75. The third-order valence-corrected chi connectivity index (χ3v) is 4.43. The van der Waals surface area contributed by atoms with Crippen LogP contribution < -0.4 is 10.6 Å². The second kappa shape index (κ2) is 7.99. The van der Waals surface area contributed by atoms with Gasteiger partial charge in [0.15, 0.2) is 0 Å². The van der Waals surface area contributed by atoms with Crippen molar-refractivity contribution in [3.8, 4) is 0 Å². The molecule has 0 saturated heterocycles. The van der Waals surface area contributed by atoms with Gasteiger partial charge in [0.05, 0.1) is 0 Å². The average Bonchev–Trinajstić information content (AvgIpc) is 2.24. The molecule has 0 saturated carbocycles. The van der Waals surface area contributed by atoms with Crippen molar-refractivity contribution in [1.82, 2.24) is 10.6 Å². The van der Waals surface area contributed by atoms with Gasteiger partial charge in [-0.1, -0.05) is 13.8 Å². The summed E-state index contributed by atoms with van der Waals surface area (Å²) in [7, 11) is 0. The van der Waals surface area contributed by atoms with E-state index in [4.69, 9.17) is 0 Å². The number of nitrogens with one attached hydrogen (secondary N) is 2. The first-order valence-electron chi connectivity index (χ1n) is 5.60. The molecular formula is C11H24N2OS. The molecule has 0 aliphatic rings. The van der Waals surface area contributed by atoms with Gasteiger partial charge in [0.25, 0.3) is 0 Å². The molecule has 0 spiro atoms. The van der Waals surface area contributed by atoms with E-state index in [1.807, 2.05) is 11.8 Å². The molecule has 4 heteroatoms. The van der Waals surface area contributed by atoms with Crippen LogP contribution in [0.15, 0.2) is 0 Å². The smallest absolute Gasteiger partial charge is 0.216 e. The fourth-order valence-electron chi connectivity index (χ4n) is 1.50. The molecule has 0 bridgehead atoms. The van der Waals surface area contributed by atoms with Crippen molar-refractivity contribution >= 4 is 17.7 Å². The minimum absolute atomic E-state index is 0.0407. The van der Waals surface area contributed by atoms with Crippen LogP contribution in [0.25, 0.3) is 0 Å². The van der Waals surface area contributed by atoms with Gasteiger partial charge in [0.1, 0.15) is 0 Å². The molecule has 0 aromatic heterocycles. The highest BCUT2D eigenvalue weighted by Crippen LogP contribution is 2.29. The van der Waals surface area contributed by atoms with Crippen LogP contribution in [0.2, 0.25) is 0 Å². The summed E-state index contributed by atoms with van der Waals surface area (Å²) in [4.78, 5) is 10.6. The molecule has 0 aliphatic heterocycles. The number of carbonyl (C=O) groups excluding carboxylic acids is 1. The largest absolute Gasteiger partial charge is 0.355 e. The molecule has 0 fully saturated rings. The second-order valence-corrected chi connectivity index (χ2v) is 5.03. The molecule has 0 heterocycles. The zero-order valence-electron chi connectivity index (χ0n) is 10.4. The van der Waals surface area contributed by atoms with Crippen LogP contribution in [-0.2, 0) is 4.79 Å². The summed E-state index contributed by atoms with van der Waals surface area (Å²) in [5.74, 6) is 0.0407. The van der Waals surface area contributed by atoms with Gasteiger partial charge in [0.2, 0.25) is 5.91 Å². The molecular weight excluding hydrogens is 208 g/mol. The number of amides is 1. The lowest BCUT2D eigenvalue weighted by Crippen LogP contribution is -2.39. The molecule has 1 amide bonds. The summed E-state index contributed by atoms with van der Waals surface area (Å²) >= 11 is 1.93. The monoisotopic (exact) mass is 232 g/mol. The van der Waals surface area contributed by atoms with Crippen molar-refractivity contribution in [2.45, 2.75) is 38.4 Å². The van der Waals surface area contributed by atoms with Crippen LogP contribution in [0.1, 0.15) is 33.6 Å². The van der Waals surface area contributed by atoms with E-state index in [9.17, 15) is 4.79 Å². The Hall–Kier alpha value is -0.220. The highest BCUT2D eigenvalue weighted by Gasteiger charge is 2.23. The van der Waals surface area contributed by atoms with E-state index >= 15 is 0 Å². The fraction of sp³-hybridized carbons (Fsp3) is 0.909. The predicted octanol–water partition coefficient (Wildman–Crippen LogP) is 1.63. The van der Waals surface area contributed by atoms with E-state index in [-0.39, 0.29) is 5.91 Å². The molecule has 2 N–H and O–H groups in total. The summed E-state index contributed by atoms with van der Waals surface area (Å²) < 4.78 is 0.357. The quantitative estimate of drug-likeness (QED) is 0.625. The molecule has 0 aliphatic carbocycles. The Kier molecular flexibility index (Phi) is 7.88. The van der Waals surface area contributed by atoms with E-state index in [1.54, 1.807) is 6.92 Å². The van der Waals surface area contributed by atoms with Gasteiger partial charge in [-0.3, -0.25) is 4.79 Å². The molecule has 0 atom stereocenters. The molecule has 0 rings (SSSR count). The first kappa shape index (κ1) is 14.8. The summed E-state index contributed by atoms with van der Waals surface area (Å²) in [6.07, 6.45) is 4.53. The molecule has 15 heavy (non-hydrogen) atoms. The van der Waals surface area contributed by atoms with E-state index < -0.39 is 0 Å². The molecule has 0 unspecified atom stereocenters. The first-order valence-corrected chi connectivity index (χ1v) is 6.83. The molecule has 90 valence electrons. The van der Waals surface area contributed by atoms with Gasteiger partial charge in [-0.2, -0.15) is 11.8 Å². The zero-order valence-corrected chi connectivity index (χ0v) is 11.2. The Morgan fingerprint density at radius 2 is 1.87 bits per heavy atom. The van der Waals surface area contributed by atoms with Crippen molar-refractivity contribution in [1.29, 1.82) is 0 Å². The van der Waals surface area contributed by atoms with Crippen molar-refractivity contribution in [2.24, 2.45) is 0 Å². The van der Waals surface area contributed by atoms with Gasteiger partial charge >= 0.3 is 0 Å². The maximum Gasteiger partial charge on any atom is 0.216 e. The lowest BCUT2D eigenvalue weighted by Gasteiger charge is -2.30. The topological polar surface area (TPSA) is 41.1 Å². The molecule has 0 aromatic rings. The van der Waals surface area contributed by atoms with E-state index in [2.05, 4.69) is 30.7 Å². The standard InChI is InChI=1S/C11H24N2OS/c1-5-11(6-2,15-4)9-12-7-8-13-10(3)14/h12H,5-9H2,1-4H3,(H,13,14). The minimum Gasteiger partial charge on any atom is -0.355 e. The van der Waals surface area contributed by atoms with Crippen molar-refractivity contribution in [3.63, 3.8) is 0 Å². The normalized spacial score (nSPS) is 11.5. The third-order valence-electron chi connectivity index (χ3n) is 2.84. The SMILES string of the molecule is CCC(CC)(CNCCNC(C)=O)SC. The van der Waals surface area contributed by atoms with Gasteiger partial charge in [-0.05, 0) is 19.1 Å². The maximum absolute atomic E-state index is 10.6. The van der Waals surface area contributed by atoms with Crippen molar-refractivity contribution in [2.75, 3.05) is 25.9 Å². The lowest BCUT2D eigenvalue weighted by atomic mass is 10.0. The van der Waals surface area contributed by atoms with Crippen molar-refractivity contribution < 1.29 is 4.79 Å². The van der Waals surface area contributed by atoms with Crippen LogP contribution >= 0.6 is 11.8 Å². The average molecular weight is 232 g/mol. The highest BCUT2D eigenvalue weighted by molar-refractivity contribution is 8.00. The summed E-state index contributed by atoms with van der Waals surface area (Å²) in [5, 5.41) is 6.18. The third kappa shape index (κ3) is 6.05. The van der Waals surface area contributed by atoms with Crippen molar-refractivity contribution in [3.05, 3.63) is 0 Å². The number of rotatable bonds is 8. The van der Waals surface area contributed by atoms with Gasteiger partial charge < -0.3 is 10.6 Å². The Morgan fingerprint density at radius 1 is 1.27 bits per heavy atom. The molecule has 0 radical (unpaired) electrons. The lowest BCUT2D eigenvalue weighted by molar-refractivity contribution is -0.118. The Morgan fingerprint density at radius 3 is 2.27 bits per heavy atom. The molecule has 3 nitrogen and oxygen atoms in total. The Labute approximate surface area is 97.8 Å². The van der Waals surface area contributed by atoms with Crippen LogP contribution in [-0.4, -0.2) is 36.5 Å². The first-order chi connectivity index (χ1) is 7.10. The van der Waals surface area contributed by atoms with Crippen LogP contribution in [0.3, 0.4) is 0 Å². The number of hydrogen-bond acceptors (Lipinski definition) is 3. The van der Waals surface area contributed by atoms with E-state index in [0.29, 0.717) is 11.3 Å². The summed E-state index contributed by atoms with van der Waals surface area (Å²) in [6.45, 7) is 8.59. The van der Waals surface area contributed by atoms with Gasteiger partial charge in [-0.25, -0.2) is 0 Å². The fourth-order valence-corrected chi connectivity index (χ4v) is 2.33. The van der Waals surface area contributed by atoms with Gasteiger partial charge in [-0.15, -0.1) is 0 Å². The Bertz CT molecular complexity index is 173. The number of hydrogen-bond donors (Lipinski definition) is 2. The summed E-state index contributed by atoms with van der Waals surface area (Å²) in [5.41, 5.74) is 0. The van der Waals surface area contributed by atoms with Crippen LogP contribution in [0, 0.1) is 0 Å². The van der Waals surface area contributed by atoms with E-state index in [1.165, 1.54) is 12.8 Å². The zero-order chi connectivity index (χ0) is 11.7. The minimum atomic E-state index is 0.0407. The van der Waals surface area contributed by atoms with Crippen LogP contribution in [0.5, 0.6) is 0 Å². The predicted molar refractivity (Wildman–Crippen MR) is 68.4 cm³/mol. The van der Waals surface area contributed by atoms with Crippen LogP contribution in [0.4, 0.5) is 0 Å². The summed E-state index contributed by atoms with van der Waals surface area (Å²) in [6, 6.07) is 0. The Balaban J connectivity index is 3.67. The molecule has 0 aromatic carbocycles. The van der Waals surface area contributed by atoms with Gasteiger partial charge in [0, 0.05) is 31.3 Å². The number of thioether (sulfide) groups is 1. The van der Waals surface area contributed by atoms with E-state index in [0.717, 1.165) is 13.1 Å². The highest BCUT2D eigenvalue weighted by atomic mass is 32.2. The number of carbonyl (C=O) groups is 1. The maximum atomic E-state index is 10.6.